The Hall–Kier alpha value is -2.32. The molecule has 21 heavy (non-hydrogen) atoms. The fourth-order valence-corrected chi connectivity index (χ4v) is 1.85. The average molecular weight is 303 g/mol. The Morgan fingerprint density at radius 2 is 2.14 bits per heavy atom. The highest BCUT2D eigenvalue weighted by atomic mass is 19.4. The van der Waals surface area contributed by atoms with Crippen LogP contribution in [-0.4, -0.2) is 27.9 Å². The molecule has 2 rings (SSSR count). The quantitative estimate of drug-likeness (QED) is 0.877. The molecule has 6 nitrogen and oxygen atoms in total. The Morgan fingerprint density at radius 1 is 1.43 bits per heavy atom. The molecule has 0 atom stereocenters. The van der Waals surface area contributed by atoms with Gasteiger partial charge >= 0.3 is 12.1 Å². The summed E-state index contributed by atoms with van der Waals surface area (Å²) in [7, 11) is 0. The molecule has 0 aliphatic rings. The molecule has 0 amide bonds. The summed E-state index contributed by atoms with van der Waals surface area (Å²) in [5.41, 5.74) is -0.431. The van der Waals surface area contributed by atoms with Crippen molar-refractivity contribution in [1.82, 2.24) is 15.4 Å². The van der Waals surface area contributed by atoms with Gasteiger partial charge in [0.15, 0.2) is 0 Å². The van der Waals surface area contributed by atoms with E-state index in [2.05, 4.69) is 10.3 Å². The van der Waals surface area contributed by atoms with Gasteiger partial charge in [0, 0.05) is 12.0 Å². The maximum Gasteiger partial charge on any atom is 0.433 e. The summed E-state index contributed by atoms with van der Waals surface area (Å²) >= 11 is 0. The topological polar surface area (TPSA) is 81.0 Å². The number of nitrogens with one attached hydrogen (secondary N) is 1. The van der Waals surface area contributed by atoms with Crippen molar-refractivity contribution in [2.45, 2.75) is 26.4 Å². The fraction of sp³-hybridized carbons (Fsp3) is 0.417. The number of halogens is 3. The standard InChI is InChI=1S/C12H12F3N3O3/c1-6-9(7(2)21-18-6)11(19)20-4-3-8-5-16-17-10(8)12(13,14)15/h5H,3-4H2,1-2H3,(H,16,17). The molecule has 0 unspecified atom stereocenters. The number of nitrogens with zero attached hydrogens (tertiary/aromatic N) is 2. The number of aromatic amines is 1. The van der Waals surface area contributed by atoms with E-state index >= 15 is 0 Å². The van der Waals surface area contributed by atoms with Crippen molar-refractivity contribution >= 4 is 5.97 Å². The number of esters is 1. The van der Waals surface area contributed by atoms with Crippen molar-refractivity contribution in [3.05, 3.63) is 34.5 Å². The summed E-state index contributed by atoms with van der Waals surface area (Å²) in [5.74, 6) is -0.375. The van der Waals surface area contributed by atoms with Crippen molar-refractivity contribution in [1.29, 1.82) is 0 Å². The minimum absolute atomic E-state index is 0.0611. The minimum atomic E-state index is -4.52. The number of alkyl halides is 3. The van der Waals surface area contributed by atoms with Gasteiger partial charge in [0.2, 0.25) is 0 Å². The zero-order valence-corrected chi connectivity index (χ0v) is 11.2. The number of hydrogen-bond acceptors (Lipinski definition) is 5. The molecular weight excluding hydrogens is 291 g/mol. The average Bonchev–Trinajstić information content (AvgIpc) is 2.96. The highest BCUT2D eigenvalue weighted by Gasteiger charge is 2.35. The van der Waals surface area contributed by atoms with E-state index < -0.39 is 17.8 Å². The first kappa shape index (κ1) is 15.1. The van der Waals surface area contributed by atoms with E-state index in [-0.39, 0.29) is 24.2 Å². The molecule has 1 N–H and O–H groups in total. The van der Waals surface area contributed by atoms with Crippen molar-refractivity contribution < 1.29 is 27.2 Å². The van der Waals surface area contributed by atoms with Crippen LogP contribution >= 0.6 is 0 Å². The van der Waals surface area contributed by atoms with Crippen LogP contribution < -0.4 is 0 Å². The van der Waals surface area contributed by atoms with Crippen molar-refractivity contribution in [2.75, 3.05) is 6.61 Å². The maximum atomic E-state index is 12.6. The van der Waals surface area contributed by atoms with Gasteiger partial charge in [-0.2, -0.15) is 18.3 Å². The third-order valence-corrected chi connectivity index (χ3v) is 2.84. The van der Waals surface area contributed by atoms with Crippen LogP contribution in [0, 0.1) is 13.8 Å². The molecule has 0 fully saturated rings. The lowest BCUT2D eigenvalue weighted by atomic mass is 10.2. The Balaban J connectivity index is 1.97. The summed E-state index contributed by atoms with van der Waals surface area (Å²) < 4.78 is 47.6. The van der Waals surface area contributed by atoms with E-state index in [9.17, 15) is 18.0 Å². The van der Waals surface area contributed by atoms with Gasteiger partial charge in [0.1, 0.15) is 17.0 Å². The van der Waals surface area contributed by atoms with E-state index in [1.807, 2.05) is 5.10 Å². The highest BCUT2D eigenvalue weighted by molar-refractivity contribution is 5.91. The molecule has 2 aromatic heterocycles. The number of aromatic nitrogens is 3. The molecule has 0 aromatic carbocycles. The molecule has 114 valence electrons. The van der Waals surface area contributed by atoms with E-state index in [0.717, 1.165) is 6.20 Å². The van der Waals surface area contributed by atoms with Gasteiger partial charge in [0.25, 0.3) is 0 Å². The molecular formula is C12H12F3N3O3. The summed E-state index contributed by atoms with van der Waals surface area (Å²) in [6, 6.07) is 0. The van der Waals surface area contributed by atoms with Gasteiger partial charge in [-0.3, -0.25) is 5.10 Å². The predicted molar refractivity (Wildman–Crippen MR) is 63.6 cm³/mol. The van der Waals surface area contributed by atoms with E-state index in [1.165, 1.54) is 0 Å². The normalized spacial score (nSPS) is 11.7. The molecule has 2 heterocycles. The van der Waals surface area contributed by atoms with Crippen LogP contribution in [0.5, 0.6) is 0 Å². The third kappa shape index (κ3) is 3.23. The largest absolute Gasteiger partial charge is 0.462 e. The van der Waals surface area contributed by atoms with Gasteiger partial charge in [-0.25, -0.2) is 4.79 Å². The number of carbonyl (C=O) groups is 1. The monoisotopic (exact) mass is 303 g/mol. The summed E-state index contributed by atoms with van der Waals surface area (Å²) in [4.78, 5) is 11.8. The summed E-state index contributed by atoms with van der Waals surface area (Å²) in [5, 5.41) is 8.85. The molecule has 0 bridgehead atoms. The molecule has 9 heteroatoms. The number of hydrogen-bond donors (Lipinski definition) is 1. The van der Waals surface area contributed by atoms with Crippen LogP contribution in [-0.2, 0) is 17.3 Å². The molecule has 0 spiro atoms. The second kappa shape index (κ2) is 5.58. The number of rotatable bonds is 4. The SMILES string of the molecule is Cc1noc(C)c1C(=O)OCCc1cn[nH]c1C(F)(F)F. The Bertz CT molecular complexity index is 626. The van der Waals surface area contributed by atoms with E-state index in [4.69, 9.17) is 9.26 Å². The van der Waals surface area contributed by atoms with Crippen LogP contribution in [0.2, 0.25) is 0 Å². The van der Waals surface area contributed by atoms with E-state index in [0.29, 0.717) is 11.5 Å². The number of carbonyl (C=O) groups excluding carboxylic acids is 1. The zero-order valence-electron chi connectivity index (χ0n) is 11.2. The van der Waals surface area contributed by atoms with Gasteiger partial charge in [-0.05, 0) is 13.8 Å². The van der Waals surface area contributed by atoms with Crippen LogP contribution in [0.1, 0.15) is 33.1 Å². The first-order valence-electron chi connectivity index (χ1n) is 6.00. The van der Waals surface area contributed by atoms with Crippen molar-refractivity contribution in [2.24, 2.45) is 0 Å². The lowest BCUT2D eigenvalue weighted by Gasteiger charge is -2.07. The summed E-state index contributed by atoms with van der Waals surface area (Å²) in [6.07, 6.45) is -3.55. The van der Waals surface area contributed by atoms with Gasteiger partial charge in [-0.1, -0.05) is 5.16 Å². The van der Waals surface area contributed by atoms with Crippen LogP contribution in [0.15, 0.2) is 10.7 Å². The smallest absolute Gasteiger partial charge is 0.433 e. The zero-order chi connectivity index (χ0) is 15.6. The second-order valence-electron chi connectivity index (χ2n) is 4.35. The maximum absolute atomic E-state index is 12.6. The predicted octanol–water partition coefficient (Wildman–Crippen LogP) is 2.43. The molecule has 0 radical (unpaired) electrons. The fourth-order valence-electron chi connectivity index (χ4n) is 1.85. The van der Waals surface area contributed by atoms with Gasteiger partial charge in [-0.15, -0.1) is 0 Å². The van der Waals surface area contributed by atoms with Gasteiger partial charge < -0.3 is 9.26 Å². The minimum Gasteiger partial charge on any atom is -0.462 e. The van der Waals surface area contributed by atoms with Gasteiger partial charge in [0.05, 0.1) is 18.5 Å². The number of ether oxygens (including phenoxy) is 1. The Labute approximate surface area is 117 Å². The van der Waals surface area contributed by atoms with Crippen molar-refractivity contribution in [3.63, 3.8) is 0 Å². The lowest BCUT2D eigenvalue weighted by molar-refractivity contribution is -0.141. The van der Waals surface area contributed by atoms with Crippen LogP contribution in [0.25, 0.3) is 0 Å². The molecule has 2 aromatic rings. The van der Waals surface area contributed by atoms with Crippen LogP contribution in [0.3, 0.4) is 0 Å². The third-order valence-electron chi connectivity index (χ3n) is 2.84. The highest BCUT2D eigenvalue weighted by Crippen LogP contribution is 2.30. The number of H-pyrrole nitrogens is 1. The second-order valence-corrected chi connectivity index (χ2v) is 4.35. The lowest BCUT2D eigenvalue weighted by Crippen LogP contribution is -2.13. The molecule has 0 saturated carbocycles. The number of aryl methyl sites for hydroxylation is 2. The first-order chi connectivity index (χ1) is 9.80. The Kier molecular flexibility index (Phi) is 4.01. The molecule has 0 aliphatic heterocycles. The van der Waals surface area contributed by atoms with E-state index in [1.54, 1.807) is 13.8 Å². The van der Waals surface area contributed by atoms with Crippen molar-refractivity contribution in [3.8, 4) is 0 Å². The Morgan fingerprint density at radius 3 is 2.71 bits per heavy atom. The van der Waals surface area contributed by atoms with Crippen LogP contribution in [0.4, 0.5) is 13.2 Å². The molecule has 0 aliphatic carbocycles. The first-order valence-corrected chi connectivity index (χ1v) is 6.00. The molecule has 0 saturated heterocycles. The summed E-state index contributed by atoms with van der Waals surface area (Å²) in [6.45, 7) is 2.92.